The topological polar surface area (TPSA) is 71.0 Å². The lowest BCUT2D eigenvalue weighted by Crippen LogP contribution is -2.41. The van der Waals surface area contributed by atoms with Gasteiger partial charge in [-0.15, -0.1) is 10.2 Å². The van der Waals surface area contributed by atoms with Crippen LogP contribution in [0.4, 0.5) is 11.6 Å². The smallest absolute Gasteiger partial charge is 0.230 e. The van der Waals surface area contributed by atoms with Gasteiger partial charge in [-0.3, -0.25) is 4.79 Å². The summed E-state index contributed by atoms with van der Waals surface area (Å²) in [4.78, 5) is 19.2. The van der Waals surface area contributed by atoms with Gasteiger partial charge in [0.1, 0.15) is 5.82 Å². The van der Waals surface area contributed by atoms with E-state index in [9.17, 15) is 4.79 Å². The van der Waals surface area contributed by atoms with Gasteiger partial charge in [-0.05, 0) is 56.0 Å². The summed E-state index contributed by atoms with van der Waals surface area (Å²) in [5, 5.41) is 11.9. The summed E-state index contributed by atoms with van der Waals surface area (Å²) in [6.07, 6.45) is 3.50. The minimum Gasteiger partial charge on any atom is -0.354 e. The van der Waals surface area contributed by atoms with Gasteiger partial charge in [0.15, 0.2) is 5.82 Å². The average Bonchev–Trinajstić information content (AvgIpc) is 2.76. The number of carbonyl (C=O) groups is 1. The van der Waals surface area contributed by atoms with Crippen molar-refractivity contribution in [3.05, 3.63) is 65.9 Å². The number of nitrogens with one attached hydrogen (secondary N) is 1. The van der Waals surface area contributed by atoms with E-state index in [0.717, 1.165) is 42.0 Å². The van der Waals surface area contributed by atoms with Gasteiger partial charge in [0.05, 0.1) is 11.6 Å². The molecule has 1 N–H and O–H groups in total. The van der Waals surface area contributed by atoms with Gasteiger partial charge in [-0.2, -0.15) is 0 Å². The molecule has 0 bridgehead atoms. The zero-order valence-electron chi connectivity index (χ0n) is 16.8. The summed E-state index contributed by atoms with van der Waals surface area (Å²) in [6.45, 7) is 5.53. The Hall–Kier alpha value is -3.28. The molecule has 0 saturated carbocycles. The third-order valence-corrected chi connectivity index (χ3v) is 5.44. The molecule has 4 rings (SSSR count). The normalized spacial score (nSPS) is 16.5. The maximum atomic E-state index is 12.8. The lowest BCUT2D eigenvalue weighted by Gasteiger charge is -2.32. The van der Waals surface area contributed by atoms with Crippen LogP contribution in [-0.2, 0) is 4.79 Å². The summed E-state index contributed by atoms with van der Waals surface area (Å²) < 4.78 is 0. The van der Waals surface area contributed by atoms with Crippen molar-refractivity contribution in [2.75, 3.05) is 23.3 Å². The fraction of sp³-hybridized carbons (Fsp3) is 0.304. The second kappa shape index (κ2) is 8.39. The van der Waals surface area contributed by atoms with E-state index in [1.54, 1.807) is 6.20 Å². The second-order valence-corrected chi connectivity index (χ2v) is 7.54. The predicted octanol–water partition coefficient (Wildman–Crippen LogP) is 4.01. The molecule has 1 aliphatic rings. The van der Waals surface area contributed by atoms with Crippen LogP contribution in [0.15, 0.2) is 54.7 Å². The van der Waals surface area contributed by atoms with E-state index in [4.69, 9.17) is 0 Å². The highest BCUT2D eigenvalue weighted by Gasteiger charge is 2.27. The van der Waals surface area contributed by atoms with E-state index in [0.29, 0.717) is 12.4 Å². The van der Waals surface area contributed by atoms with Crippen molar-refractivity contribution in [2.45, 2.75) is 26.7 Å². The second-order valence-electron chi connectivity index (χ2n) is 7.54. The number of carbonyl (C=O) groups excluding carboxylic acids is 1. The standard InChI is InChI=1S/C23H25N5O/c1-16-7-3-4-10-19(16)20-11-12-21(27-26-20)28-14-6-9-18(15-28)23(29)25-22-17(2)8-5-13-24-22/h3-5,7-8,10-13,18H,6,9,14-15H2,1-2H3,(H,24,25,29). The Bertz CT molecular complexity index is 1000. The van der Waals surface area contributed by atoms with Gasteiger partial charge in [-0.25, -0.2) is 4.98 Å². The van der Waals surface area contributed by atoms with Crippen LogP contribution < -0.4 is 10.2 Å². The molecule has 1 atom stereocenters. The van der Waals surface area contributed by atoms with Crippen molar-refractivity contribution in [1.29, 1.82) is 0 Å². The zero-order valence-corrected chi connectivity index (χ0v) is 16.8. The van der Waals surface area contributed by atoms with E-state index in [2.05, 4.69) is 44.5 Å². The van der Waals surface area contributed by atoms with Crippen LogP contribution >= 0.6 is 0 Å². The fourth-order valence-electron chi connectivity index (χ4n) is 3.73. The molecule has 148 valence electrons. The summed E-state index contributed by atoms with van der Waals surface area (Å²) in [6, 6.07) is 16.0. The zero-order chi connectivity index (χ0) is 20.2. The highest BCUT2D eigenvalue weighted by atomic mass is 16.2. The number of piperidine rings is 1. The summed E-state index contributed by atoms with van der Waals surface area (Å²) >= 11 is 0. The van der Waals surface area contributed by atoms with Crippen molar-refractivity contribution in [3.8, 4) is 11.3 Å². The maximum absolute atomic E-state index is 12.8. The van der Waals surface area contributed by atoms with Crippen LogP contribution in [0, 0.1) is 19.8 Å². The predicted molar refractivity (Wildman–Crippen MR) is 115 cm³/mol. The van der Waals surface area contributed by atoms with Crippen molar-refractivity contribution >= 4 is 17.5 Å². The van der Waals surface area contributed by atoms with Gasteiger partial charge in [-0.1, -0.05) is 30.3 Å². The van der Waals surface area contributed by atoms with Crippen LogP contribution in [0.25, 0.3) is 11.3 Å². The first-order valence-electron chi connectivity index (χ1n) is 9.99. The van der Waals surface area contributed by atoms with Gasteiger partial charge in [0.2, 0.25) is 5.91 Å². The molecular weight excluding hydrogens is 362 g/mol. The van der Waals surface area contributed by atoms with Crippen molar-refractivity contribution in [2.24, 2.45) is 5.92 Å². The number of aryl methyl sites for hydroxylation is 2. The molecule has 1 fully saturated rings. The Morgan fingerprint density at radius 1 is 1.03 bits per heavy atom. The Morgan fingerprint density at radius 2 is 1.86 bits per heavy atom. The van der Waals surface area contributed by atoms with Crippen LogP contribution in [0.2, 0.25) is 0 Å². The minimum atomic E-state index is -0.0944. The Morgan fingerprint density at radius 3 is 2.62 bits per heavy atom. The SMILES string of the molecule is Cc1ccccc1-c1ccc(N2CCCC(C(=O)Nc3ncccc3C)C2)nn1. The summed E-state index contributed by atoms with van der Waals surface area (Å²) in [7, 11) is 0. The first-order chi connectivity index (χ1) is 14.1. The third kappa shape index (κ3) is 4.26. The van der Waals surface area contributed by atoms with E-state index < -0.39 is 0 Å². The van der Waals surface area contributed by atoms with E-state index >= 15 is 0 Å². The number of nitrogens with zero attached hydrogens (tertiary/aromatic N) is 4. The molecule has 1 aromatic carbocycles. The molecule has 0 spiro atoms. The summed E-state index contributed by atoms with van der Waals surface area (Å²) in [5.74, 6) is 1.37. The van der Waals surface area contributed by atoms with E-state index in [1.807, 2.05) is 43.3 Å². The average molecular weight is 387 g/mol. The van der Waals surface area contributed by atoms with Crippen molar-refractivity contribution < 1.29 is 4.79 Å². The third-order valence-electron chi connectivity index (χ3n) is 5.44. The van der Waals surface area contributed by atoms with Crippen LogP contribution in [0.5, 0.6) is 0 Å². The molecule has 3 aromatic rings. The Labute approximate surface area is 171 Å². The number of amides is 1. The number of anilines is 2. The monoisotopic (exact) mass is 387 g/mol. The number of hydrogen-bond acceptors (Lipinski definition) is 5. The summed E-state index contributed by atoms with van der Waals surface area (Å²) in [5.41, 5.74) is 4.09. The van der Waals surface area contributed by atoms with Crippen molar-refractivity contribution in [1.82, 2.24) is 15.2 Å². The molecule has 1 saturated heterocycles. The van der Waals surface area contributed by atoms with Gasteiger partial charge in [0, 0.05) is 24.8 Å². The molecule has 29 heavy (non-hydrogen) atoms. The first kappa shape index (κ1) is 19.1. The largest absolute Gasteiger partial charge is 0.354 e. The molecule has 1 aliphatic heterocycles. The molecule has 3 heterocycles. The number of pyridine rings is 1. The molecule has 1 amide bonds. The van der Waals surface area contributed by atoms with Crippen LogP contribution in [-0.4, -0.2) is 34.2 Å². The molecule has 2 aromatic heterocycles. The molecular formula is C23H25N5O. The lowest BCUT2D eigenvalue weighted by atomic mass is 9.97. The highest BCUT2D eigenvalue weighted by molar-refractivity contribution is 5.92. The number of benzene rings is 1. The molecule has 0 radical (unpaired) electrons. The first-order valence-corrected chi connectivity index (χ1v) is 9.99. The lowest BCUT2D eigenvalue weighted by molar-refractivity contribution is -0.120. The minimum absolute atomic E-state index is 0.0148. The fourth-order valence-corrected chi connectivity index (χ4v) is 3.73. The Kier molecular flexibility index (Phi) is 5.51. The van der Waals surface area contributed by atoms with Crippen LogP contribution in [0.1, 0.15) is 24.0 Å². The molecule has 6 heteroatoms. The highest BCUT2D eigenvalue weighted by Crippen LogP contribution is 2.25. The molecule has 0 aliphatic carbocycles. The van der Waals surface area contributed by atoms with Crippen molar-refractivity contribution in [3.63, 3.8) is 0 Å². The number of aromatic nitrogens is 3. The van der Waals surface area contributed by atoms with E-state index in [1.165, 1.54) is 5.56 Å². The maximum Gasteiger partial charge on any atom is 0.230 e. The molecule has 6 nitrogen and oxygen atoms in total. The van der Waals surface area contributed by atoms with E-state index in [-0.39, 0.29) is 11.8 Å². The van der Waals surface area contributed by atoms with Gasteiger partial charge >= 0.3 is 0 Å². The van der Waals surface area contributed by atoms with Crippen LogP contribution in [0.3, 0.4) is 0 Å². The number of rotatable bonds is 4. The Balaban J connectivity index is 1.45. The van der Waals surface area contributed by atoms with Gasteiger partial charge < -0.3 is 10.2 Å². The quantitative estimate of drug-likeness (QED) is 0.732. The molecule has 1 unspecified atom stereocenters. The number of hydrogen-bond donors (Lipinski definition) is 1. The van der Waals surface area contributed by atoms with Gasteiger partial charge in [0.25, 0.3) is 0 Å².